The van der Waals surface area contributed by atoms with E-state index in [0.717, 1.165) is 25.9 Å². The quantitative estimate of drug-likeness (QED) is 0.437. The van der Waals surface area contributed by atoms with Crippen molar-refractivity contribution in [2.24, 2.45) is 11.8 Å². The van der Waals surface area contributed by atoms with E-state index >= 15 is 0 Å². The fourth-order valence-electron chi connectivity index (χ4n) is 2.31. The van der Waals surface area contributed by atoms with Crippen molar-refractivity contribution in [1.29, 1.82) is 0 Å². The summed E-state index contributed by atoms with van der Waals surface area (Å²) in [5, 5.41) is 22.1. The lowest BCUT2D eigenvalue weighted by atomic mass is 9.78. The highest BCUT2D eigenvalue weighted by Crippen LogP contribution is 2.32. The van der Waals surface area contributed by atoms with E-state index in [1.54, 1.807) is 0 Å². The van der Waals surface area contributed by atoms with Crippen LogP contribution in [-0.4, -0.2) is 35.5 Å². The van der Waals surface area contributed by atoms with E-state index in [2.05, 4.69) is 5.32 Å². The zero-order valence-corrected chi connectivity index (χ0v) is 6.53. The Kier molecular flexibility index (Phi) is 1.87. The number of aliphatic hydroxyl groups is 2. The zero-order valence-electron chi connectivity index (χ0n) is 6.53. The normalized spacial score (nSPS) is 50.7. The van der Waals surface area contributed by atoms with Gasteiger partial charge in [-0.2, -0.15) is 0 Å². The van der Waals surface area contributed by atoms with Gasteiger partial charge in [-0.05, 0) is 25.3 Å². The van der Waals surface area contributed by atoms with Crippen LogP contribution >= 0.6 is 0 Å². The van der Waals surface area contributed by atoms with Crippen molar-refractivity contribution in [3.8, 4) is 0 Å². The average Bonchev–Trinajstić information content (AvgIpc) is 2.45. The SMILES string of the molecule is O[C@H]1[C@@H]2CNC[C@H]2CC[C@@H]1O. The Morgan fingerprint density at radius 1 is 1.09 bits per heavy atom. The first-order chi connectivity index (χ1) is 5.29. The molecule has 11 heavy (non-hydrogen) atoms. The number of rotatable bonds is 0. The van der Waals surface area contributed by atoms with Crippen LogP contribution in [0.2, 0.25) is 0 Å². The fraction of sp³-hybridized carbons (Fsp3) is 1.00. The molecule has 64 valence electrons. The van der Waals surface area contributed by atoms with Crippen LogP contribution in [0, 0.1) is 11.8 Å². The molecule has 2 fully saturated rings. The Bertz CT molecular complexity index is 151. The lowest BCUT2D eigenvalue weighted by molar-refractivity contribution is -0.0533. The minimum Gasteiger partial charge on any atom is -0.390 e. The first kappa shape index (κ1) is 7.53. The van der Waals surface area contributed by atoms with Gasteiger partial charge in [-0.25, -0.2) is 0 Å². The van der Waals surface area contributed by atoms with Gasteiger partial charge in [0, 0.05) is 12.5 Å². The van der Waals surface area contributed by atoms with Gasteiger partial charge < -0.3 is 15.5 Å². The fourth-order valence-corrected chi connectivity index (χ4v) is 2.31. The first-order valence-corrected chi connectivity index (χ1v) is 4.36. The van der Waals surface area contributed by atoms with Crippen molar-refractivity contribution < 1.29 is 10.2 Å². The smallest absolute Gasteiger partial charge is 0.0842 e. The minimum absolute atomic E-state index is 0.304. The van der Waals surface area contributed by atoms with Crippen LogP contribution in [-0.2, 0) is 0 Å². The Morgan fingerprint density at radius 2 is 1.91 bits per heavy atom. The molecule has 2 aliphatic rings. The molecular formula is C8H15NO2. The van der Waals surface area contributed by atoms with Crippen LogP contribution in [0.5, 0.6) is 0 Å². The predicted octanol–water partition coefficient (Wildman–Crippen LogP) is -0.662. The van der Waals surface area contributed by atoms with Crippen LogP contribution in [0.1, 0.15) is 12.8 Å². The van der Waals surface area contributed by atoms with E-state index < -0.39 is 12.2 Å². The highest BCUT2D eigenvalue weighted by molar-refractivity contribution is 4.93. The summed E-state index contributed by atoms with van der Waals surface area (Å²) in [7, 11) is 0. The Labute approximate surface area is 66.4 Å². The number of hydrogen-bond acceptors (Lipinski definition) is 3. The van der Waals surface area contributed by atoms with Gasteiger partial charge in [0.05, 0.1) is 12.2 Å². The summed E-state index contributed by atoms with van der Waals surface area (Å²) < 4.78 is 0. The maximum atomic E-state index is 9.56. The number of hydrogen-bond donors (Lipinski definition) is 3. The van der Waals surface area contributed by atoms with Crippen molar-refractivity contribution in [1.82, 2.24) is 5.32 Å². The molecule has 1 saturated heterocycles. The van der Waals surface area contributed by atoms with E-state index in [-0.39, 0.29) is 0 Å². The van der Waals surface area contributed by atoms with Gasteiger partial charge in [0.1, 0.15) is 0 Å². The lowest BCUT2D eigenvalue weighted by Crippen LogP contribution is -2.41. The van der Waals surface area contributed by atoms with Gasteiger partial charge in [0.2, 0.25) is 0 Å². The molecule has 1 aliphatic heterocycles. The second-order valence-electron chi connectivity index (χ2n) is 3.72. The maximum absolute atomic E-state index is 9.56. The van der Waals surface area contributed by atoms with Crippen molar-refractivity contribution in [2.45, 2.75) is 25.0 Å². The topological polar surface area (TPSA) is 52.5 Å². The maximum Gasteiger partial charge on any atom is 0.0842 e. The molecule has 2 rings (SSSR count). The van der Waals surface area contributed by atoms with Crippen LogP contribution in [0.3, 0.4) is 0 Å². The molecule has 0 unspecified atom stereocenters. The minimum atomic E-state index is -0.483. The van der Waals surface area contributed by atoms with Gasteiger partial charge >= 0.3 is 0 Å². The number of fused-ring (bicyclic) bond motifs is 1. The highest BCUT2D eigenvalue weighted by atomic mass is 16.3. The monoisotopic (exact) mass is 157 g/mol. The molecule has 3 nitrogen and oxygen atoms in total. The largest absolute Gasteiger partial charge is 0.390 e. The summed E-state index contributed by atoms with van der Waals surface area (Å²) in [6.45, 7) is 1.90. The first-order valence-electron chi connectivity index (χ1n) is 4.36. The zero-order chi connectivity index (χ0) is 7.84. The molecule has 0 aromatic heterocycles. The molecule has 0 spiro atoms. The molecule has 0 radical (unpaired) electrons. The Balaban J connectivity index is 2.06. The van der Waals surface area contributed by atoms with Crippen molar-refractivity contribution in [2.75, 3.05) is 13.1 Å². The predicted molar refractivity (Wildman–Crippen MR) is 41.1 cm³/mol. The summed E-state index contributed by atoms with van der Waals surface area (Å²) in [6.07, 6.45) is 0.875. The van der Waals surface area contributed by atoms with Gasteiger partial charge in [0.25, 0.3) is 0 Å². The van der Waals surface area contributed by atoms with E-state index in [9.17, 15) is 10.2 Å². The van der Waals surface area contributed by atoms with Gasteiger partial charge in [-0.3, -0.25) is 0 Å². The van der Waals surface area contributed by atoms with E-state index in [0.29, 0.717) is 11.8 Å². The molecule has 0 aromatic carbocycles. The number of aliphatic hydroxyl groups excluding tert-OH is 2. The summed E-state index contributed by atoms with van der Waals surface area (Å²) in [4.78, 5) is 0. The molecule has 3 N–H and O–H groups in total. The van der Waals surface area contributed by atoms with E-state index in [4.69, 9.17) is 0 Å². The van der Waals surface area contributed by atoms with Crippen LogP contribution < -0.4 is 5.32 Å². The Hall–Kier alpha value is -0.120. The third-order valence-electron chi connectivity index (χ3n) is 3.06. The summed E-state index contributed by atoms with van der Waals surface area (Å²) in [5.41, 5.74) is 0. The molecular weight excluding hydrogens is 142 g/mol. The third-order valence-corrected chi connectivity index (χ3v) is 3.06. The molecule has 1 saturated carbocycles. The van der Waals surface area contributed by atoms with E-state index in [1.807, 2.05) is 0 Å². The summed E-state index contributed by atoms with van der Waals surface area (Å²) >= 11 is 0. The van der Waals surface area contributed by atoms with Crippen molar-refractivity contribution in [3.63, 3.8) is 0 Å². The Morgan fingerprint density at radius 3 is 2.73 bits per heavy atom. The number of nitrogens with one attached hydrogen (secondary N) is 1. The second-order valence-corrected chi connectivity index (χ2v) is 3.72. The standard InChI is InChI=1S/C8H15NO2/c10-7-2-1-5-3-9-4-6(5)8(7)11/h5-11H,1-4H2/t5-,6-,7+,8+/m1/s1. The van der Waals surface area contributed by atoms with Crippen LogP contribution in [0.4, 0.5) is 0 Å². The van der Waals surface area contributed by atoms with Crippen LogP contribution in [0.25, 0.3) is 0 Å². The van der Waals surface area contributed by atoms with Crippen molar-refractivity contribution in [3.05, 3.63) is 0 Å². The summed E-state index contributed by atoms with van der Waals surface area (Å²) in [5.74, 6) is 0.909. The molecule has 1 heterocycles. The van der Waals surface area contributed by atoms with Gasteiger partial charge in [-0.1, -0.05) is 0 Å². The van der Waals surface area contributed by atoms with Gasteiger partial charge in [0.15, 0.2) is 0 Å². The molecule has 1 aliphatic carbocycles. The molecule has 4 atom stereocenters. The molecule has 0 bridgehead atoms. The van der Waals surface area contributed by atoms with Crippen molar-refractivity contribution >= 4 is 0 Å². The average molecular weight is 157 g/mol. The molecule has 3 heteroatoms. The molecule has 0 amide bonds. The van der Waals surface area contributed by atoms with E-state index in [1.165, 1.54) is 0 Å². The third kappa shape index (κ3) is 1.17. The van der Waals surface area contributed by atoms with Gasteiger partial charge in [-0.15, -0.1) is 0 Å². The second kappa shape index (κ2) is 2.73. The molecule has 0 aromatic rings. The summed E-state index contributed by atoms with van der Waals surface area (Å²) in [6, 6.07) is 0. The lowest BCUT2D eigenvalue weighted by Gasteiger charge is -2.33. The van der Waals surface area contributed by atoms with Crippen LogP contribution in [0.15, 0.2) is 0 Å². The highest BCUT2D eigenvalue weighted by Gasteiger charge is 2.39.